The molecule has 34 heavy (non-hydrogen) atoms. The molecule has 0 saturated carbocycles. The minimum Gasteiger partial charge on any atom is -0.449 e. The number of aromatic nitrogens is 3. The third-order valence-corrected chi connectivity index (χ3v) is 6.00. The first-order chi connectivity index (χ1) is 16.4. The fraction of sp³-hybridized carbons (Fsp3) is 0.0833. The van der Waals surface area contributed by atoms with E-state index in [9.17, 15) is 9.59 Å². The zero-order valence-corrected chi connectivity index (χ0v) is 20.1. The number of amides is 1. The topological polar surface area (TPSA) is 86.1 Å². The van der Waals surface area contributed by atoms with Gasteiger partial charge in [0.25, 0.3) is 5.91 Å². The average Bonchev–Trinajstić information content (AvgIpc) is 3.50. The van der Waals surface area contributed by atoms with Crippen LogP contribution < -0.4 is 5.32 Å². The molecule has 0 saturated heterocycles. The Morgan fingerprint density at radius 3 is 2.68 bits per heavy atom. The number of benzene rings is 1. The molecule has 0 unspecified atom stereocenters. The van der Waals surface area contributed by atoms with Gasteiger partial charge in [-0.25, -0.2) is 14.5 Å². The van der Waals surface area contributed by atoms with Gasteiger partial charge in [-0.05, 0) is 42.6 Å². The van der Waals surface area contributed by atoms with Gasteiger partial charge in [0.1, 0.15) is 5.69 Å². The van der Waals surface area contributed by atoms with Gasteiger partial charge in [-0.3, -0.25) is 4.79 Å². The molecule has 1 amide bonds. The monoisotopic (exact) mass is 512 g/mol. The molecule has 7 nitrogen and oxygen atoms in total. The van der Waals surface area contributed by atoms with Gasteiger partial charge >= 0.3 is 5.97 Å². The van der Waals surface area contributed by atoms with E-state index in [0.29, 0.717) is 5.02 Å². The second kappa shape index (κ2) is 10.6. The van der Waals surface area contributed by atoms with Crippen molar-refractivity contribution in [2.24, 2.45) is 0 Å². The van der Waals surface area contributed by atoms with Gasteiger partial charge in [-0.1, -0.05) is 47.5 Å². The average molecular weight is 513 g/mol. The van der Waals surface area contributed by atoms with Gasteiger partial charge in [0.15, 0.2) is 11.9 Å². The fourth-order valence-corrected chi connectivity index (χ4v) is 4.14. The number of nitrogens with zero attached hydrogens (tertiary/aromatic N) is 3. The first-order valence-corrected chi connectivity index (χ1v) is 11.7. The Morgan fingerprint density at radius 1 is 1.18 bits per heavy atom. The lowest BCUT2D eigenvalue weighted by molar-refractivity contribution is -0.148. The van der Waals surface area contributed by atoms with E-state index in [1.807, 2.05) is 54.0 Å². The first-order valence-electron chi connectivity index (χ1n) is 10.1. The molecule has 0 aliphatic rings. The van der Waals surface area contributed by atoms with E-state index in [4.69, 9.17) is 27.9 Å². The summed E-state index contributed by atoms with van der Waals surface area (Å²) in [5, 5.41) is 9.67. The van der Waals surface area contributed by atoms with Crippen LogP contribution in [0.4, 0.5) is 5.82 Å². The van der Waals surface area contributed by atoms with Crippen molar-refractivity contribution >= 4 is 58.3 Å². The number of ether oxygens (including phenoxy) is 1. The largest absolute Gasteiger partial charge is 0.449 e. The Kier molecular flexibility index (Phi) is 7.42. The highest BCUT2D eigenvalue weighted by atomic mass is 35.5. The lowest BCUT2D eigenvalue weighted by atomic mass is 10.2. The number of esters is 1. The molecule has 3 heterocycles. The normalized spacial score (nSPS) is 12.0. The third kappa shape index (κ3) is 5.72. The van der Waals surface area contributed by atoms with Gasteiger partial charge in [-0.15, -0.1) is 11.3 Å². The quantitative estimate of drug-likeness (QED) is 0.246. The maximum atomic E-state index is 12.4. The van der Waals surface area contributed by atoms with Crippen molar-refractivity contribution in [3.05, 3.63) is 88.0 Å². The summed E-state index contributed by atoms with van der Waals surface area (Å²) in [6.07, 6.45) is 4.99. The number of pyridine rings is 1. The van der Waals surface area contributed by atoms with E-state index in [1.54, 1.807) is 22.1 Å². The lowest BCUT2D eigenvalue weighted by Gasteiger charge is -2.12. The zero-order chi connectivity index (χ0) is 24.1. The molecule has 0 aliphatic heterocycles. The summed E-state index contributed by atoms with van der Waals surface area (Å²) in [5.74, 6) is -1.12. The zero-order valence-electron chi connectivity index (χ0n) is 17.8. The molecule has 0 spiro atoms. The number of hydrogen-bond acceptors (Lipinski definition) is 6. The molecule has 4 aromatic rings. The minimum atomic E-state index is -1.07. The predicted octanol–water partition coefficient (Wildman–Crippen LogP) is 5.89. The predicted molar refractivity (Wildman–Crippen MR) is 134 cm³/mol. The number of para-hydroxylation sites is 1. The summed E-state index contributed by atoms with van der Waals surface area (Å²) in [6.45, 7) is 1.45. The van der Waals surface area contributed by atoms with Crippen molar-refractivity contribution in [1.82, 2.24) is 14.8 Å². The number of rotatable bonds is 7. The molecule has 0 radical (unpaired) electrons. The number of halogens is 2. The SMILES string of the molecule is C[C@H](OC(=O)/C=C/c1cn(-c2ccccc2)nc1-c1cccs1)C(=O)Nc1ncc(Cl)cc1Cl. The molecule has 10 heteroatoms. The van der Waals surface area contributed by atoms with Crippen LogP contribution >= 0.6 is 34.5 Å². The summed E-state index contributed by atoms with van der Waals surface area (Å²) in [7, 11) is 0. The number of thiophene rings is 1. The van der Waals surface area contributed by atoms with Crippen molar-refractivity contribution in [1.29, 1.82) is 0 Å². The van der Waals surface area contributed by atoms with E-state index in [-0.39, 0.29) is 10.8 Å². The maximum absolute atomic E-state index is 12.4. The molecular formula is C24H18Cl2N4O3S. The molecule has 4 rings (SSSR count). The van der Waals surface area contributed by atoms with E-state index in [2.05, 4.69) is 15.4 Å². The van der Waals surface area contributed by atoms with Crippen LogP contribution in [-0.4, -0.2) is 32.7 Å². The summed E-state index contributed by atoms with van der Waals surface area (Å²) in [5.41, 5.74) is 2.36. The van der Waals surface area contributed by atoms with Crippen LogP contribution in [0, 0.1) is 0 Å². The third-order valence-electron chi connectivity index (χ3n) is 4.63. The molecule has 3 aromatic heterocycles. The van der Waals surface area contributed by atoms with Crippen LogP contribution in [-0.2, 0) is 14.3 Å². The fourth-order valence-electron chi connectivity index (χ4n) is 2.98. The molecule has 1 aromatic carbocycles. The Morgan fingerprint density at radius 2 is 1.97 bits per heavy atom. The molecule has 0 fully saturated rings. The van der Waals surface area contributed by atoms with E-state index < -0.39 is 18.0 Å². The van der Waals surface area contributed by atoms with E-state index in [0.717, 1.165) is 21.8 Å². The van der Waals surface area contributed by atoms with Gasteiger partial charge in [0.05, 0.1) is 20.6 Å². The van der Waals surface area contributed by atoms with Crippen LogP contribution in [0.2, 0.25) is 10.0 Å². The first kappa shape index (κ1) is 23.7. The number of nitrogens with one attached hydrogen (secondary N) is 1. The second-order valence-corrected chi connectivity index (χ2v) is 8.87. The smallest absolute Gasteiger partial charge is 0.331 e. The highest BCUT2D eigenvalue weighted by molar-refractivity contribution is 7.13. The minimum absolute atomic E-state index is 0.128. The highest BCUT2D eigenvalue weighted by Gasteiger charge is 2.19. The molecule has 172 valence electrons. The van der Waals surface area contributed by atoms with Crippen molar-refractivity contribution in [2.75, 3.05) is 5.32 Å². The standard InChI is InChI=1S/C24H18Cl2N4O3S/c1-15(24(32)28-23-19(26)12-17(25)13-27-23)33-21(31)10-9-16-14-30(18-6-3-2-4-7-18)29-22(16)20-8-5-11-34-20/h2-15H,1H3,(H,27,28,32)/b10-9+/t15-/m0/s1. The Bertz CT molecular complexity index is 1340. The number of carbonyl (C=O) groups is 2. The van der Waals surface area contributed by atoms with Crippen LogP contribution in [0.15, 0.2) is 72.4 Å². The summed E-state index contributed by atoms with van der Waals surface area (Å²) < 4.78 is 6.98. The van der Waals surface area contributed by atoms with Crippen LogP contribution in [0.1, 0.15) is 12.5 Å². The number of hydrogen-bond donors (Lipinski definition) is 1. The summed E-state index contributed by atoms with van der Waals surface area (Å²) >= 11 is 13.4. The van der Waals surface area contributed by atoms with Crippen molar-refractivity contribution in [3.8, 4) is 16.3 Å². The Hall–Kier alpha value is -3.46. The van der Waals surface area contributed by atoms with Gasteiger partial charge in [0, 0.05) is 24.0 Å². The van der Waals surface area contributed by atoms with Gasteiger partial charge in [-0.2, -0.15) is 5.10 Å². The van der Waals surface area contributed by atoms with E-state index in [1.165, 1.54) is 25.3 Å². The maximum Gasteiger partial charge on any atom is 0.331 e. The summed E-state index contributed by atoms with van der Waals surface area (Å²) in [4.78, 5) is 29.7. The molecule has 0 aliphatic carbocycles. The van der Waals surface area contributed by atoms with Crippen molar-refractivity contribution in [3.63, 3.8) is 0 Å². The molecular weight excluding hydrogens is 495 g/mol. The van der Waals surface area contributed by atoms with Crippen LogP contribution in [0.25, 0.3) is 22.3 Å². The lowest BCUT2D eigenvalue weighted by Crippen LogP contribution is -2.29. The Balaban J connectivity index is 1.47. The highest BCUT2D eigenvalue weighted by Crippen LogP contribution is 2.28. The van der Waals surface area contributed by atoms with Gasteiger partial charge in [0.2, 0.25) is 0 Å². The molecule has 0 bridgehead atoms. The van der Waals surface area contributed by atoms with Crippen LogP contribution in [0.3, 0.4) is 0 Å². The molecule has 1 atom stereocenters. The van der Waals surface area contributed by atoms with Gasteiger partial charge < -0.3 is 10.1 Å². The van der Waals surface area contributed by atoms with E-state index >= 15 is 0 Å². The molecule has 1 N–H and O–H groups in total. The van der Waals surface area contributed by atoms with Crippen LogP contribution in [0.5, 0.6) is 0 Å². The second-order valence-electron chi connectivity index (χ2n) is 7.08. The number of anilines is 1. The number of carbonyl (C=O) groups excluding carboxylic acids is 2. The van der Waals surface area contributed by atoms with Crippen molar-refractivity contribution in [2.45, 2.75) is 13.0 Å². The Labute approximate surface area is 209 Å². The summed E-state index contributed by atoms with van der Waals surface area (Å²) in [6, 6.07) is 15.0. The van der Waals surface area contributed by atoms with Crippen molar-refractivity contribution < 1.29 is 14.3 Å².